The molecule has 1 aliphatic carbocycles. The van der Waals surface area contributed by atoms with Gasteiger partial charge in [0.1, 0.15) is 0 Å². The highest BCUT2D eigenvalue weighted by Gasteiger charge is 2.23. The Bertz CT molecular complexity index is 271. The van der Waals surface area contributed by atoms with Crippen molar-refractivity contribution in [3.05, 3.63) is 0 Å². The van der Waals surface area contributed by atoms with Gasteiger partial charge in [-0.1, -0.05) is 12.8 Å². The SMILES string of the molecule is CNCCS(=O)(=O)N(C)CC1CCCC1. The summed E-state index contributed by atoms with van der Waals surface area (Å²) >= 11 is 0. The Hall–Kier alpha value is -0.130. The molecule has 0 aromatic rings. The predicted octanol–water partition coefficient (Wildman–Crippen LogP) is 0.658. The highest BCUT2D eigenvalue weighted by molar-refractivity contribution is 7.89. The minimum Gasteiger partial charge on any atom is -0.319 e. The lowest BCUT2D eigenvalue weighted by Gasteiger charge is -2.20. The molecule has 90 valence electrons. The van der Waals surface area contributed by atoms with Gasteiger partial charge in [0.15, 0.2) is 0 Å². The molecule has 1 saturated carbocycles. The molecule has 1 rings (SSSR count). The third-order valence-corrected chi connectivity index (χ3v) is 4.89. The lowest BCUT2D eigenvalue weighted by Crippen LogP contribution is -2.35. The average molecular weight is 234 g/mol. The summed E-state index contributed by atoms with van der Waals surface area (Å²) in [4.78, 5) is 0. The molecule has 0 atom stereocenters. The summed E-state index contributed by atoms with van der Waals surface area (Å²) in [6, 6.07) is 0. The molecule has 1 N–H and O–H groups in total. The molecule has 0 radical (unpaired) electrons. The summed E-state index contributed by atoms with van der Waals surface area (Å²) in [6.45, 7) is 1.23. The van der Waals surface area contributed by atoms with Crippen molar-refractivity contribution in [1.82, 2.24) is 9.62 Å². The molecule has 0 saturated heterocycles. The number of rotatable bonds is 6. The van der Waals surface area contributed by atoms with Crippen LogP contribution in [0.4, 0.5) is 0 Å². The van der Waals surface area contributed by atoms with Gasteiger partial charge in [-0.2, -0.15) is 0 Å². The van der Waals surface area contributed by atoms with Crippen LogP contribution in [0, 0.1) is 5.92 Å². The van der Waals surface area contributed by atoms with E-state index in [-0.39, 0.29) is 5.75 Å². The Balaban J connectivity index is 2.40. The predicted molar refractivity (Wildman–Crippen MR) is 62.3 cm³/mol. The molecule has 0 spiro atoms. The molecule has 0 amide bonds. The molecule has 0 aromatic heterocycles. The largest absolute Gasteiger partial charge is 0.319 e. The van der Waals surface area contributed by atoms with Gasteiger partial charge < -0.3 is 5.32 Å². The van der Waals surface area contributed by atoms with Gasteiger partial charge in [-0.25, -0.2) is 12.7 Å². The standard InChI is InChI=1S/C10H22N2O2S/c1-11-7-8-15(13,14)12(2)9-10-5-3-4-6-10/h10-11H,3-9H2,1-2H3. The van der Waals surface area contributed by atoms with Gasteiger partial charge in [-0.15, -0.1) is 0 Å². The summed E-state index contributed by atoms with van der Waals surface area (Å²) < 4.78 is 25.1. The summed E-state index contributed by atoms with van der Waals surface area (Å²) in [5.74, 6) is 0.784. The first-order chi connectivity index (χ1) is 7.06. The van der Waals surface area contributed by atoms with Crippen molar-refractivity contribution in [1.29, 1.82) is 0 Å². The lowest BCUT2D eigenvalue weighted by atomic mass is 10.1. The zero-order valence-electron chi connectivity index (χ0n) is 9.70. The van der Waals surface area contributed by atoms with Crippen molar-refractivity contribution in [3.63, 3.8) is 0 Å². The minimum atomic E-state index is -3.04. The van der Waals surface area contributed by atoms with E-state index in [9.17, 15) is 8.42 Å². The second-order valence-electron chi connectivity index (χ2n) is 4.35. The third kappa shape index (κ3) is 4.09. The topological polar surface area (TPSA) is 49.4 Å². The highest BCUT2D eigenvalue weighted by Crippen LogP contribution is 2.25. The quantitative estimate of drug-likeness (QED) is 0.734. The second kappa shape index (κ2) is 5.82. The molecule has 0 aromatic carbocycles. The second-order valence-corrected chi connectivity index (χ2v) is 6.55. The van der Waals surface area contributed by atoms with Gasteiger partial charge >= 0.3 is 0 Å². The van der Waals surface area contributed by atoms with Crippen LogP contribution < -0.4 is 5.32 Å². The van der Waals surface area contributed by atoms with Crippen LogP contribution in [0.5, 0.6) is 0 Å². The number of hydrogen-bond donors (Lipinski definition) is 1. The van der Waals surface area contributed by atoms with E-state index in [0.29, 0.717) is 19.0 Å². The minimum absolute atomic E-state index is 0.201. The van der Waals surface area contributed by atoms with E-state index in [1.807, 2.05) is 0 Å². The summed E-state index contributed by atoms with van der Waals surface area (Å²) in [5, 5.41) is 2.87. The maximum Gasteiger partial charge on any atom is 0.215 e. The van der Waals surface area contributed by atoms with Crippen molar-refractivity contribution in [3.8, 4) is 0 Å². The van der Waals surface area contributed by atoms with E-state index < -0.39 is 10.0 Å². The van der Waals surface area contributed by atoms with Crippen LogP contribution in [-0.4, -0.2) is 45.7 Å². The van der Waals surface area contributed by atoms with Crippen LogP contribution in [0.25, 0.3) is 0 Å². The molecular formula is C10H22N2O2S. The molecule has 0 aliphatic heterocycles. The maximum atomic E-state index is 11.8. The van der Waals surface area contributed by atoms with E-state index in [4.69, 9.17) is 0 Å². The van der Waals surface area contributed by atoms with Gasteiger partial charge in [0.2, 0.25) is 10.0 Å². The smallest absolute Gasteiger partial charge is 0.215 e. The molecule has 5 heteroatoms. The van der Waals surface area contributed by atoms with Crippen LogP contribution in [0.1, 0.15) is 25.7 Å². The lowest BCUT2D eigenvalue weighted by molar-refractivity contribution is 0.387. The normalized spacial score (nSPS) is 18.9. The molecule has 15 heavy (non-hydrogen) atoms. The Morgan fingerprint density at radius 3 is 2.47 bits per heavy atom. The van der Waals surface area contributed by atoms with E-state index in [0.717, 1.165) is 0 Å². The molecular weight excluding hydrogens is 212 g/mol. The van der Waals surface area contributed by atoms with Gasteiger partial charge in [0, 0.05) is 20.1 Å². The molecule has 4 nitrogen and oxygen atoms in total. The van der Waals surface area contributed by atoms with E-state index in [1.54, 1.807) is 14.1 Å². The van der Waals surface area contributed by atoms with Crippen LogP contribution >= 0.6 is 0 Å². The first kappa shape index (κ1) is 12.9. The van der Waals surface area contributed by atoms with Gasteiger partial charge in [-0.05, 0) is 25.8 Å². The summed E-state index contributed by atoms with van der Waals surface area (Å²) in [5.41, 5.74) is 0. The first-order valence-electron chi connectivity index (χ1n) is 5.65. The van der Waals surface area contributed by atoms with Crippen LogP contribution in [0.15, 0.2) is 0 Å². The molecule has 0 heterocycles. The monoisotopic (exact) mass is 234 g/mol. The van der Waals surface area contributed by atoms with Crippen molar-refractivity contribution in [2.75, 3.05) is 32.9 Å². The molecule has 0 unspecified atom stereocenters. The average Bonchev–Trinajstić information content (AvgIpc) is 2.67. The zero-order valence-corrected chi connectivity index (χ0v) is 10.5. The van der Waals surface area contributed by atoms with Crippen molar-refractivity contribution >= 4 is 10.0 Å². The maximum absolute atomic E-state index is 11.8. The van der Waals surface area contributed by atoms with Crippen LogP contribution in [-0.2, 0) is 10.0 Å². The number of nitrogens with zero attached hydrogens (tertiary/aromatic N) is 1. The Kier molecular flexibility index (Phi) is 5.02. The van der Waals surface area contributed by atoms with Crippen molar-refractivity contribution in [2.45, 2.75) is 25.7 Å². The van der Waals surface area contributed by atoms with E-state index in [2.05, 4.69) is 5.32 Å². The molecule has 1 aliphatic rings. The Morgan fingerprint density at radius 2 is 1.93 bits per heavy atom. The van der Waals surface area contributed by atoms with Crippen molar-refractivity contribution < 1.29 is 8.42 Å². The molecule has 1 fully saturated rings. The fourth-order valence-electron chi connectivity index (χ4n) is 2.06. The van der Waals surface area contributed by atoms with Gasteiger partial charge in [0.25, 0.3) is 0 Å². The van der Waals surface area contributed by atoms with Crippen LogP contribution in [0.3, 0.4) is 0 Å². The fraction of sp³-hybridized carbons (Fsp3) is 1.00. The number of hydrogen-bond acceptors (Lipinski definition) is 3. The van der Waals surface area contributed by atoms with Crippen LogP contribution in [0.2, 0.25) is 0 Å². The summed E-state index contributed by atoms with van der Waals surface area (Å²) in [6.07, 6.45) is 4.89. The highest BCUT2D eigenvalue weighted by atomic mass is 32.2. The number of nitrogens with one attached hydrogen (secondary N) is 1. The van der Waals surface area contributed by atoms with E-state index >= 15 is 0 Å². The van der Waals surface area contributed by atoms with Gasteiger partial charge in [-0.3, -0.25) is 0 Å². The third-order valence-electron chi connectivity index (χ3n) is 3.07. The fourth-order valence-corrected chi connectivity index (χ4v) is 3.27. The zero-order chi connectivity index (χ0) is 11.3. The first-order valence-corrected chi connectivity index (χ1v) is 7.26. The Labute approximate surface area is 93.1 Å². The van der Waals surface area contributed by atoms with E-state index in [1.165, 1.54) is 30.0 Å². The molecule has 0 bridgehead atoms. The van der Waals surface area contributed by atoms with Crippen molar-refractivity contribution in [2.24, 2.45) is 5.92 Å². The summed E-state index contributed by atoms with van der Waals surface area (Å²) in [7, 11) is 0.429. The Morgan fingerprint density at radius 1 is 1.33 bits per heavy atom. The van der Waals surface area contributed by atoms with Gasteiger partial charge in [0.05, 0.1) is 5.75 Å². The number of sulfonamides is 1.